The van der Waals surface area contributed by atoms with Crippen molar-refractivity contribution in [2.75, 3.05) is 0 Å². The van der Waals surface area contributed by atoms with Crippen molar-refractivity contribution in [3.8, 4) is 0 Å². The Morgan fingerprint density at radius 1 is 0.929 bits per heavy atom. The number of rotatable bonds is 2. The molecule has 74 valence electrons. The molecule has 1 spiro atoms. The van der Waals surface area contributed by atoms with Crippen molar-refractivity contribution in [2.24, 2.45) is 0 Å². The summed E-state index contributed by atoms with van der Waals surface area (Å²) < 4.78 is 0.626. The summed E-state index contributed by atoms with van der Waals surface area (Å²) in [6, 6.07) is 0. The van der Waals surface area contributed by atoms with Crippen molar-refractivity contribution in [1.29, 1.82) is 0 Å². The Kier molecular flexibility index (Phi) is 0.0931. The Balaban J connectivity index is 1.89. The number of nitrogens with one attached hydrogen (secondary N) is 1. The van der Waals surface area contributed by atoms with Crippen molar-refractivity contribution in [1.82, 2.24) is 5.32 Å². The Morgan fingerprint density at radius 2 is 1.43 bits per heavy atom. The van der Waals surface area contributed by atoms with Gasteiger partial charge in [-0.1, -0.05) is 0 Å². The third kappa shape index (κ3) is 0.0308. The van der Waals surface area contributed by atoms with Crippen LogP contribution in [-0.2, 0) is 11.3 Å². The van der Waals surface area contributed by atoms with Gasteiger partial charge in [-0.25, -0.2) is 0 Å². The Morgan fingerprint density at radius 3 is 1.64 bits per heavy atom. The average molecular weight is 229 g/mol. The van der Waals surface area contributed by atoms with Crippen LogP contribution in [0.2, 0.25) is 43.3 Å². The minimum atomic E-state index is -2.88. The normalized spacial score (nSPS) is 142. The van der Waals surface area contributed by atoms with Gasteiger partial charge in [-0.05, 0) is 0 Å². The molecule has 10 aliphatic heterocycles. The predicted octanol–water partition coefficient (Wildman–Crippen LogP) is 2.03. The van der Waals surface area contributed by atoms with Gasteiger partial charge in [0.1, 0.15) is 0 Å². The molecule has 2 nitrogen and oxygen atoms in total. The second kappa shape index (κ2) is 0.292. The second-order valence-electron chi connectivity index (χ2n) is 9.94. The molecular weight excluding hydrogens is 218 g/mol. The molecule has 1 N–H and O–H groups in total. The van der Waals surface area contributed by atoms with Crippen LogP contribution in [0.3, 0.4) is 0 Å². The number of carbonyl (C=O) groups is 1. The SMILES string of the molecule is O=CN[C]12[CH]3[CH]4[CH]5[CH]1[Fe]45321678[CH]2[CH]1[CH]6[CH]7[CH]28. The summed E-state index contributed by atoms with van der Waals surface area (Å²) in [6.45, 7) is -2.88. The van der Waals surface area contributed by atoms with Crippen molar-refractivity contribution in [3.63, 3.8) is 0 Å². The monoisotopic (exact) mass is 229 g/mol. The first-order valence-electron chi connectivity index (χ1n) is 6.03. The van der Waals surface area contributed by atoms with Gasteiger partial charge in [-0.3, -0.25) is 0 Å². The maximum atomic E-state index is 10.9. The summed E-state index contributed by atoms with van der Waals surface area (Å²) in [6.07, 6.45) is 1.08. The quantitative estimate of drug-likeness (QED) is 0.569. The van der Waals surface area contributed by atoms with Crippen molar-refractivity contribution < 1.29 is 11.3 Å². The summed E-state index contributed by atoms with van der Waals surface area (Å²) in [5.74, 6) is 0. The molecule has 0 aromatic heterocycles. The Hall–Kier alpha value is -0.0105. The van der Waals surface area contributed by atoms with Gasteiger partial charge in [0.2, 0.25) is 0 Å². The van der Waals surface area contributed by atoms with Crippen LogP contribution >= 0.6 is 0 Å². The Bertz CT molecular complexity index is 820. The van der Waals surface area contributed by atoms with E-state index in [1.165, 1.54) is 43.3 Å². The topological polar surface area (TPSA) is 29.1 Å². The average Bonchev–Trinajstić information content (AvgIpc) is 3.14. The van der Waals surface area contributed by atoms with Crippen molar-refractivity contribution >= 4 is 6.41 Å². The van der Waals surface area contributed by atoms with E-state index >= 15 is 0 Å². The van der Waals surface area contributed by atoms with Crippen LogP contribution in [0.1, 0.15) is 0 Å². The first-order valence-corrected chi connectivity index (χ1v) is 12.3. The van der Waals surface area contributed by atoms with E-state index in [9.17, 15) is 4.79 Å². The van der Waals surface area contributed by atoms with Gasteiger partial charge < -0.3 is 0 Å². The summed E-state index contributed by atoms with van der Waals surface area (Å²) in [5.41, 5.74) is 0. The summed E-state index contributed by atoms with van der Waals surface area (Å²) in [5, 5.41) is 3.45. The molecule has 0 bridgehead atoms. The van der Waals surface area contributed by atoms with Gasteiger partial charge in [0, 0.05) is 0 Å². The summed E-state index contributed by atoms with van der Waals surface area (Å²) >= 11 is 0. The van der Waals surface area contributed by atoms with Gasteiger partial charge >= 0.3 is 70.8 Å². The van der Waals surface area contributed by atoms with Gasteiger partial charge in [-0.15, -0.1) is 0 Å². The van der Waals surface area contributed by atoms with Crippen LogP contribution in [0.15, 0.2) is 0 Å². The van der Waals surface area contributed by atoms with Gasteiger partial charge in [-0.2, -0.15) is 0 Å². The van der Waals surface area contributed by atoms with E-state index in [4.69, 9.17) is 0 Å². The molecular formula is C11H11FeNO. The van der Waals surface area contributed by atoms with Crippen LogP contribution in [-0.4, -0.2) is 10.8 Å². The first-order chi connectivity index (χ1) is 6.61. The molecule has 14 heavy (non-hydrogen) atoms. The third-order valence-corrected chi connectivity index (χ3v) is 57.2. The zero-order valence-electron chi connectivity index (χ0n) is 7.54. The van der Waals surface area contributed by atoms with Crippen LogP contribution in [0, 0.1) is 0 Å². The van der Waals surface area contributed by atoms with E-state index in [2.05, 4.69) is 5.32 Å². The van der Waals surface area contributed by atoms with E-state index in [0.29, 0.717) is 4.44 Å². The predicted molar refractivity (Wildman–Crippen MR) is 45.7 cm³/mol. The fourth-order valence-electron chi connectivity index (χ4n) is 16.7. The number of carbonyl (C=O) groups excluding carboxylic acids is 1. The molecule has 10 fully saturated rings. The molecule has 10 heterocycles. The molecule has 10 aliphatic rings. The Labute approximate surface area is 71.1 Å². The van der Waals surface area contributed by atoms with Crippen molar-refractivity contribution in [3.05, 3.63) is 0 Å². The zero-order chi connectivity index (χ0) is 8.43. The fourth-order valence-corrected chi connectivity index (χ4v) is 89.8. The molecule has 3 heteroatoms. The number of amides is 1. The molecule has 0 aromatic carbocycles. The summed E-state index contributed by atoms with van der Waals surface area (Å²) in [4.78, 5) is 22.8. The van der Waals surface area contributed by atoms with Gasteiger partial charge in [0.15, 0.2) is 0 Å². The molecule has 10 rings (SSSR count). The number of fused-ring (bicyclic) bond motifs is 10. The van der Waals surface area contributed by atoms with Crippen LogP contribution in [0.25, 0.3) is 0 Å². The molecule has 0 aliphatic carbocycles. The molecule has 1 amide bonds. The van der Waals surface area contributed by atoms with Crippen LogP contribution in [0.4, 0.5) is 0 Å². The molecule has 10 saturated heterocycles. The fraction of sp³-hybridized carbons (Fsp3) is 0.909. The molecule has 4 unspecified atom stereocenters. The minimum absolute atomic E-state index is 0.626. The van der Waals surface area contributed by atoms with Crippen molar-refractivity contribution in [2.45, 2.75) is 47.8 Å². The third-order valence-electron chi connectivity index (χ3n) is 15.0. The van der Waals surface area contributed by atoms with E-state index in [1.54, 1.807) is 0 Å². The van der Waals surface area contributed by atoms with Crippen LogP contribution in [0.5, 0.6) is 0 Å². The maximum absolute atomic E-state index is 10.9. The molecule has 0 saturated carbocycles. The van der Waals surface area contributed by atoms with Gasteiger partial charge in [0.25, 0.3) is 0 Å². The first kappa shape index (κ1) is 4.47. The number of hydrogen-bond donors (Lipinski definition) is 1. The molecule has 4 atom stereocenters. The van der Waals surface area contributed by atoms with E-state index in [-0.39, 0.29) is 0 Å². The molecule has 0 radical (unpaired) electrons. The van der Waals surface area contributed by atoms with E-state index < -0.39 is 6.51 Å². The van der Waals surface area contributed by atoms with Crippen LogP contribution < -0.4 is 5.32 Å². The van der Waals surface area contributed by atoms with Gasteiger partial charge in [0.05, 0.1) is 0 Å². The van der Waals surface area contributed by atoms with E-state index in [1.807, 2.05) is 0 Å². The zero-order valence-corrected chi connectivity index (χ0v) is 8.64. The standard InChI is InChI=1S/C6H6NO.C5H5.Fe/c8-5-7-6-3-1-2-4-6;1-2-4-5-3-1;/h1-5H,(H,7,8);1-5H;. The summed E-state index contributed by atoms with van der Waals surface area (Å²) in [7, 11) is 0. The number of hydrogen-bond acceptors (Lipinski definition) is 1. The second-order valence-corrected chi connectivity index (χ2v) is 33.5. The molecule has 0 aromatic rings. The van der Waals surface area contributed by atoms with E-state index in [0.717, 1.165) is 6.41 Å².